The van der Waals surface area contributed by atoms with Crippen molar-refractivity contribution in [3.63, 3.8) is 0 Å². The van der Waals surface area contributed by atoms with Crippen molar-refractivity contribution in [2.75, 3.05) is 6.54 Å². The van der Waals surface area contributed by atoms with Gasteiger partial charge in [-0.25, -0.2) is 0 Å². The molecule has 0 saturated carbocycles. The molecule has 0 aromatic heterocycles. The van der Waals surface area contributed by atoms with Gasteiger partial charge in [0.2, 0.25) is 5.91 Å². The number of carbonyl (C=O) groups is 1. The van der Waals surface area contributed by atoms with E-state index in [1.54, 1.807) is 12.1 Å². The Balaban J connectivity index is 2.51. The molecule has 0 radical (unpaired) electrons. The van der Waals surface area contributed by atoms with E-state index in [1.165, 1.54) is 0 Å². The average molecular weight is 223 g/mol. The monoisotopic (exact) mass is 222 g/mol. The molecule has 0 aliphatic rings. The number of amides is 1. The van der Waals surface area contributed by atoms with Crippen molar-refractivity contribution in [3.05, 3.63) is 35.9 Å². The van der Waals surface area contributed by atoms with Crippen molar-refractivity contribution >= 4 is 17.5 Å². The predicted molar refractivity (Wildman–Crippen MR) is 58.3 cm³/mol. The highest BCUT2D eigenvalue weighted by molar-refractivity contribution is 6.30. The topological polar surface area (TPSA) is 52.9 Å². The van der Waals surface area contributed by atoms with Gasteiger partial charge in [0, 0.05) is 6.54 Å². The fourth-order valence-electron chi connectivity index (χ4n) is 1.10. The van der Waals surface area contributed by atoms with E-state index in [0.717, 1.165) is 5.56 Å². The standard InChI is InChI=1S/C11H11ClN2O/c12-10(9-5-2-1-3-6-9)11(15)14-8-4-7-13/h1-3,5-6,10H,4,8H2,(H,14,15). The number of nitrogens with zero attached hydrogens (tertiary/aromatic N) is 1. The summed E-state index contributed by atoms with van der Waals surface area (Å²) in [5.41, 5.74) is 0.758. The Hall–Kier alpha value is -1.53. The first kappa shape index (κ1) is 11.5. The third kappa shape index (κ3) is 3.61. The van der Waals surface area contributed by atoms with Crippen molar-refractivity contribution in [1.82, 2.24) is 5.32 Å². The summed E-state index contributed by atoms with van der Waals surface area (Å²) in [6.07, 6.45) is 0.296. The van der Waals surface area contributed by atoms with Crippen molar-refractivity contribution in [2.45, 2.75) is 11.8 Å². The van der Waals surface area contributed by atoms with E-state index in [2.05, 4.69) is 5.32 Å². The highest BCUT2D eigenvalue weighted by Crippen LogP contribution is 2.19. The fraction of sp³-hybridized carbons (Fsp3) is 0.273. The number of nitriles is 1. The summed E-state index contributed by atoms with van der Waals surface area (Å²) in [6.45, 7) is 0.339. The number of benzene rings is 1. The summed E-state index contributed by atoms with van der Waals surface area (Å²) >= 11 is 5.94. The molecule has 0 bridgehead atoms. The van der Waals surface area contributed by atoms with E-state index in [1.807, 2.05) is 24.3 Å². The summed E-state index contributed by atoms with van der Waals surface area (Å²) in [7, 11) is 0. The van der Waals surface area contributed by atoms with E-state index in [9.17, 15) is 4.79 Å². The number of hydrogen-bond acceptors (Lipinski definition) is 2. The van der Waals surface area contributed by atoms with Crippen LogP contribution in [0.4, 0.5) is 0 Å². The van der Waals surface area contributed by atoms with E-state index in [-0.39, 0.29) is 5.91 Å². The smallest absolute Gasteiger partial charge is 0.242 e. The Kier molecular flexibility index (Phi) is 4.65. The fourth-order valence-corrected chi connectivity index (χ4v) is 1.33. The predicted octanol–water partition coefficient (Wildman–Crippen LogP) is 2.00. The van der Waals surface area contributed by atoms with Crippen molar-refractivity contribution in [1.29, 1.82) is 5.26 Å². The van der Waals surface area contributed by atoms with Gasteiger partial charge in [-0.1, -0.05) is 30.3 Å². The zero-order valence-electron chi connectivity index (χ0n) is 8.11. The minimum absolute atomic E-state index is 0.266. The Morgan fingerprint density at radius 2 is 2.13 bits per heavy atom. The quantitative estimate of drug-likeness (QED) is 0.626. The molecule has 1 N–H and O–H groups in total. The summed E-state index contributed by atoms with van der Waals surface area (Å²) in [5.74, 6) is -0.266. The first-order valence-corrected chi connectivity index (χ1v) is 5.03. The SMILES string of the molecule is N#CCCNC(=O)C(Cl)c1ccccc1. The van der Waals surface area contributed by atoms with Gasteiger partial charge < -0.3 is 5.32 Å². The second-order valence-electron chi connectivity index (χ2n) is 2.97. The van der Waals surface area contributed by atoms with Gasteiger partial charge in [-0.15, -0.1) is 11.6 Å². The molecule has 0 fully saturated rings. The summed E-state index contributed by atoms with van der Waals surface area (Å²) in [6, 6.07) is 11.0. The van der Waals surface area contributed by atoms with Crippen LogP contribution in [0, 0.1) is 11.3 Å². The number of nitrogens with one attached hydrogen (secondary N) is 1. The van der Waals surface area contributed by atoms with Crippen LogP contribution in [-0.2, 0) is 4.79 Å². The second-order valence-corrected chi connectivity index (χ2v) is 3.41. The molecule has 1 unspecified atom stereocenters. The minimum atomic E-state index is -0.690. The molecule has 1 aromatic carbocycles. The van der Waals surface area contributed by atoms with Gasteiger partial charge in [0.05, 0.1) is 12.5 Å². The first-order chi connectivity index (χ1) is 7.25. The number of hydrogen-bond donors (Lipinski definition) is 1. The molecule has 1 amide bonds. The van der Waals surface area contributed by atoms with E-state index in [4.69, 9.17) is 16.9 Å². The Morgan fingerprint density at radius 1 is 1.47 bits per heavy atom. The van der Waals surface area contributed by atoms with Gasteiger partial charge in [0.1, 0.15) is 5.38 Å². The number of carbonyl (C=O) groups excluding carboxylic acids is 1. The van der Waals surface area contributed by atoms with Crippen LogP contribution in [-0.4, -0.2) is 12.5 Å². The molecule has 0 aliphatic carbocycles. The minimum Gasteiger partial charge on any atom is -0.353 e. The summed E-state index contributed by atoms with van der Waals surface area (Å²) in [4.78, 5) is 11.5. The van der Waals surface area contributed by atoms with Crippen LogP contribution in [0.3, 0.4) is 0 Å². The molecule has 1 aromatic rings. The Morgan fingerprint density at radius 3 is 2.73 bits per heavy atom. The van der Waals surface area contributed by atoms with Crippen LogP contribution in [0.15, 0.2) is 30.3 Å². The molecule has 1 rings (SSSR count). The number of halogens is 1. The molecule has 0 heterocycles. The maximum absolute atomic E-state index is 11.5. The van der Waals surface area contributed by atoms with Crippen LogP contribution in [0.25, 0.3) is 0 Å². The lowest BCUT2D eigenvalue weighted by Gasteiger charge is -2.09. The molecule has 0 aliphatic heterocycles. The van der Waals surface area contributed by atoms with Crippen LogP contribution >= 0.6 is 11.6 Å². The van der Waals surface area contributed by atoms with Crippen molar-refractivity contribution in [2.24, 2.45) is 0 Å². The maximum Gasteiger partial charge on any atom is 0.242 e. The third-order valence-corrected chi connectivity index (χ3v) is 2.31. The van der Waals surface area contributed by atoms with Gasteiger partial charge in [-0.05, 0) is 5.56 Å². The number of rotatable bonds is 4. The first-order valence-electron chi connectivity index (χ1n) is 4.59. The van der Waals surface area contributed by atoms with E-state index in [0.29, 0.717) is 13.0 Å². The zero-order chi connectivity index (χ0) is 11.1. The van der Waals surface area contributed by atoms with E-state index >= 15 is 0 Å². The van der Waals surface area contributed by atoms with Crippen LogP contribution in [0.1, 0.15) is 17.4 Å². The zero-order valence-corrected chi connectivity index (χ0v) is 8.87. The van der Waals surface area contributed by atoms with Crippen LogP contribution in [0.2, 0.25) is 0 Å². The average Bonchev–Trinajstić information content (AvgIpc) is 2.29. The van der Waals surface area contributed by atoms with E-state index < -0.39 is 5.38 Å². The molecular weight excluding hydrogens is 212 g/mol. The largest absolute Gasteiger partial charge is 0.353 e. The second kappa shape index (κ2) is 6.05. The molecule has 4 heteroatoms. The molecule has 0 saturated heterocycles. The maximum atomic E-state index is 11.5. The lowest BCUT2D eigenvalue weighted by Crippen LogP contribution is -2.27. The Labute approximate surface area is 93.7 Å². The summed E-state index contributed by atoms with van der Waals surface area (Å²) < 4.78 is 0. The van der Waals surface area contributed by atoms with Gasteiger partial charge in [-0.2, -0.15) is 5.26 Å². The van der Waals surface area contributed by atoms with Gasteiger partial charge in [-0.3, -0.25) is 4.79 Å². The normalized spacial score (nSPS) is 11.5. The highest BCUT2D eigenvalue weighted by atomic mass is 35.5. The molecular formula is C11H11ClN2O. The van der Waals surface area contributed by atoms with Crippen molar-refractivity contribution in [3.8, 4) is 6.07 Å². The lowest BCUT2D eigenvalue weighted by atomic mass is 10.1. The van der Waals surface area contributed by atoms with Crippen LogP contribution in [0.5, 0.6) is 0 Å². The van der Waals surface area contributed by atoms with Crippen molar-refractivity contribution < 1.29 is 4.79 Å². The molecule has 0 spiro atoms. The molecule has 78 valence electrons. The lowest BCUT2D eigenvalue weighted by molar-refractivity contribution is -0.120. The molecule has 1 atom stereocenters. The third-order valence-electron chi connectivity index (χ3n) is 1.86. The van der Waals surface area contributed by atoms with Crippen LogP contribution < -0.4 is 5.32 Å². The molecule has 15 heavy (non-hydrogen) atoms. The van der Waals surface area contributed by atoms with Gasteiger partial charge >= 0.3 is 0 Å². The highest BCUT2D eigenvalue weighted by Gasteiger charge is 2.16. The Bertz CT molecular complexity index is 359. The van der Waals surface area contributed by atoms with Gasteiger partial charge in [0.25, 0.3) is 0 Å². The van der Waals surface area contributed by atoms with Gasteiger partial charge in [0.15, 0.2) is 0 Å². The molecule has 3 nitrogen and oxygen atoms in total. The number of alkyl halides is 1. The summed E-state index contributed by atoms with van der Waals surface area (Å²) in [5, 5.41) is 10.2.